The van der Waals surface area contributed by atoms with Crippen molar-refractivity contribution >= 4 is 11.6 Å². The minimum absolute atomic E-state index is 0.437. The van der Waals surface area contributed by atoms with E-state index in [4.69, 9.17) is 10.5 Å². The van der Waals surface area contributed by atoms with Crippen LogP contribution < -0.4 is 15.8 Å². The summed E-state index contributed by atoms with van der Waals surface area (Å²) in [5.74, 6) is 1.32. The second-order valence-electron chi connectivity index (χ2n) is 4.91. The summed E-state index contributed by atoms with van der Waals surface area (Å²) >= 11 is 0. The average Bonchev–Trinajstić information content (AvgIpc) is 3.18. The molecule has 0 saturated heterocycles. The molecule has 4 nitrogen and oxygen atoms in total. The molecule has 98 valence electrons. The smallest absolute Gasteiger partial charge is 0.193 e. The van der Waals surface area contributed by atoms with E-state index in [9.17, 15) is 0 Å². The molecule has 0 unspecified atom stereocenters. The maximum absolute atomic E-state index is 5.87. The molecule has 0 heterocycles. The van der Waals surface area contributed by atoms with E-state index in [1.807, 2.05) is 24.3 Å². The number of ether oxygens (including phenoxy) is 1. The van der Waals surface area contributed by atoms with Crippen LogP contribution in [0.3, 0.4) is 0 Å². The minimum atomic E-state index is 0.437. The van der Waals surface area contributed by atoms with E-state index in [-0.39, 0.29) is 0 Å². The standard InChI is InChI=1S/C14H21N3O/c1-3-14(8-9-14)10-16-13(15)17-11-4-6-12(18-2)7-5-11/h4-7H,3,8-10H2,1-2H3,(H3,15,16,17). The SMILES string of the molecule is CCC1(CN=C(N)Nc2ccc(OC)cc2)CC1. The summed E-state index contributed by atoms with van der Waals surface area (Å²) in [7, 11) is 1.65. The molecule has 0 amide bonds. The number of aliphatic imine (C=N–C) groups is 1. The second kappa shape index (κ2) is 5.29. The van der Waals surface area contributed by atoms with Gasteiger partial charge in [0, 0.05) is 12.2 Å². The molecule has 0 atom stereocenters. The predicted octanol–water partition coefficient (Wildman–Crippen LogP) is 2.61. The van der Waals surface area contributed by atoms with Crippen LogP contribution in [0, 0.1) is 5.41 Å². The number of nitrogens with one attached hydrogen (secondary N) is 1. The van der Waals surface area contributed by atoms with Crippen LogP contribution in [0.2, 0.25) is 0 Å². The van der Waals surface area contributed by atoms with Crippen LogP contribution in [-0.2, 0) is 0 Å². The summed E-state index contributed by atoms with van der Waals surface area (Å²) in [6.07, 6.45) is 3.75. The Balaban J connectivity index is 1.89. The van der Waals surface area contributed by atoms with E-state index in [1.165, 1.54) is 19.3 Å². The van der Waals surface area contributed by atoms with Gasteiger partial charge < -0.3 is 15.8 Å². The molecule has 0 spiro atoms. The van der Waals surface area contributed by atoms with Crippen LogP contribution in [0.4, 0.5) is 5.69 Å². The molecular formula is C14H21N3O. The number of nitrogens with zero attached hydrogens (tertiary/aromatic N) is 1. The third-order valence-corrected chi connectivity index (χ3v) is 3.65. The highest BCUT2D eigenvalue weighted by Gasteiger charge is 2.40. The molecule has 1 aliphatic carbocycles. The summed E-state index contributed by atoms with van der Waals surface area (Å²) in [4.78, 5) is 4.42. The molecule has 18 heavy (non-hydrogen) atoms. The van der Waals surface area contributed by atoms with Gasteiger partial charge in [0.05, 0.1) is 7.11 Å². The van der Waals surface area contributed by atoms with E-state index in [2.05, 4.69) is 17.2 Å². The Morgan fingerprint density at radius 3 is 2.56 bits per heavy atom. The molecule has 0 aromatic heterocycles. The van der Waals surface area contributed by atoms with Gasteiger partial charge in [-0.3, -0.25) is 4.99 Å². The third-order valence-electron chi connectivity index (χ3n) is 3.65. The van der Waals surface area contributed by atoms with E-state index < -0.39 is 0 Å². The lowest BCUT2D eigenvalue weighted by atomic mass is 10.1. The van der Waals surface area contributed by atoms with Gasteiger partial charge in [-0.05, 0) is 48.9 Å². The topological polar surface area (TPSA) is 59.6 Å². The third kappa shape index (κ3) is 3.15. The number of nitrogens with two attached hydrogens (primary N) is 1. The Kier molecular flexibility index (Phi) is 3.75. The van der Waals surface area contributed by atoms with Gasteiger partial charge in [0.15, 0.2) is 5.96 Å². The zero-order valence-corrected chi connectivity index (χ0v) is 11.1. The number of rotatable bonds is 5. The van der Waals surface area contributed by atoms with Crippen molar-refractivity contribution in [3.8, 4) is 5.75 Å². The van der Waals surface area contributed by atoms with Crippen LogP contribution in [-0.4, -0.2) is 19.6 Å². The molecule has 3 N–H and O–H groups in total. The van der Waals surface area contributed by atoms with Crippen molar-refractivity contribution in [1.82, 2.24) is 0 Å². The Hall–Kier alpha value is -1.71. The molecule has 2 rings (SSSR count). The van der Waals surface area contributed by atoms with Gasteiger partial charge >= 0.3 is 0 Å². The van der Waals surface area contributed by atoms with E-state index in [0.29, 0.717) is 11.4 Å². The molecule has 1 aliphatic rings. The van der Waals surface area contributed by atoms with Gasteiger partial charge in [0.1, 0.15) is 5.75 Å². The first-order valence-electron chi connectivity index (χ1n) is 6.38. The summed E-state index contributed by atoms with van der Waals surface area (Å²) < 4.78 is 5.10. The van der Waals surface area contributed by atoms with Crippen LogP contribution in [0.5, 0.6) is 5.75 Å². The maximum atomic E-state index is 5.87. The zero-order chi connectivity index (χ0) is 13.0. The molecule has 0 bridgehead atoms. The number of guanidine groups is 1. The van der Waals surface area contributed by atoms with Gasteiger partial charge in [-0.15, -0.1) is 0 Å². The molecule has 1 aromatic rings. The predicted molar refractivity (Wildman–Crippen MR) is 75.1 cm³/mol. The summed E-state index contributed by atoms with van der Waals surface area (Å²) in [5, 5.41) is 3.09. The van der Waals surface area contributed by atoms with Gasteiger partial charge in [-0.2, -0.15) is 0 Å². The Morgan fingerprint density at radius 2 is 2.06 bits per heavy atom. The fraction of sp³-hybridized carbons (Fsp3) is 0.500. The fourth-order valence-electron chi connectivity index (χ4n) is 1.91. The van der Waals surface area contributed by atoms with Gasteiger partial charge in [-0.1, -0.05) is 6.92 Å². The molecule has 1 fully saturated rings. The van der Waals surface area contributed by atoms with Crippen molar-refractivity contribution in [3.63, 3.8) is 0 Å². The fourth-order valence-corrected chi connectivity index (χ4v) is 1.91. The Morgan fingerprint density at radius 1 is 1.39 bits per heavy atom. The molecular weight excluding hydrogens is 226 g/mol. The minimum Gasteiger partial charge on any atom is -0.497 e. The van der Waals surface area contributed by atoms with Crippen molar-refractivity contribution in [2.45, 2.75) is 26.2 Å². The number of methoxy groups -OCH3 is 1. The second-order valence-corrected chi connectivity index (χ2v) is 4.91. The summed E-state index contributed by atoms with van der Waals surface area (Å²) in [6.45, 7) is 3.05. The monoisotopic (exact) mass is 247 g/mol. The average molecular weight is 247 g/mol. The molecule has 1 saturated carbocycles. The number of benzene rings is 1. The summed E-state index contributed by atoms with van der Waals surface area (Å²) in [5.41, 5.74) is 7.24. The van der Waals surface area contributed by atoms with Crippen molar-refractivity contribution in [3.05, 3.63) is 24.3 Å². The maximum Gasteiger partial charge on any atom is 0.193 e. The van der Waals surface area contributed by atoms with Gasteiger partial charge in [0.25, 0.3) is 0 Å². The highest BCUT2D eigenvalue weighted by atomic mass is 16.5. The molecule has 1 aromatic carbocycles. The first kappa shape index (κ1) is 12.7. The Labute approximate surface area is 108 Å². The highest BCUT2D eigenvalue weighted by molar-refractivity contribution is 5.92. The Bertz CT molecular complexity index is 421. The van der Waals surface area contributed by atoms with Crippen molar-refractivity contribution in [2.24, 2.45) is 16.1 Å². The molecule has 0 aliphatic heterocycles. The number of hydrogen-bond acceptors (Lipinski definition) is 2. The van der Waals surface area contributed by atoms with E-state index in [0.717, 1.165) is 18.0 Å². The number of hydrogen-bond donors (Lipinski definition) is 2. The van der Waals surface area contributed by atoms with Crippen molar-refractivity contribution in [2.75, 3.05) is 19.0 Å². The lowest BCUT2D eigenvalue weighted by molar-refractivity contribution is 0.415. The largest absolute Gasteiger partial charge is 0.497 e. The van der Waals surface area contributed by atoms with Crippen molar-refractivity contribution < 1.29 is 4.74 Å². The summed E-state index contributed by atoms with van der Waals surface area (Å²) in [6, 6.07) is 7.63. The first-order chi connectivity index (χ1) is 8.67. The number of anilines is 1. The zero-order valence-electron chi connectivity index (χ0n) is 11.1. The van der Waals surface area contributed by atoms with E-state index in [1.54, 1.807) is 7.11 Å². The van der Waals surface area contributed by atoms with Crippen LogP contribution in [0.25, 0.3) is 0 Å². The quantitative estimate of drug-likeness (QED) is 0.621. The highest BCUT2D eigenvalue weighted by Crippen LogP contribution is 2.48. The normalized spacial score (nSPS) is 17.3. The molecule has 4 heteroatoms. The van der Waals surface area contributed by atoms with Crippen LogP contribution in [0.15, 0.2) is 29.3 Å². The van der Waals surface area contributed by atoms with E-state index >= 15 is 0 Å². The van der Waals surface area contributed by atoms with Gasteiger partial charge in [-0.25, -0.2) is 0 Å². The van der Waals surface area contributed by atoms with Gasteiger partial charge in [0.2, 0.25) is 0 Å². The van der Waals surface area contributed by atoms with Crippen LogP contribution in [0.1, 0.15) is 26.2 Å². The lowest BCUT2D eigenvalue weighted by Gasteiger charge is -2.10. The van der Waals surface area contributed by atoms with Crippen molar-refractivity contribution in [1.29, 1.82) is 0 Å². The molecule has 0 radical (unpaired) electrons. The lowest BCUT2D eigenvalue weighted by Crippen LogP contribution is -2.24. The first-order valence-corrected chi connectivity index (χ1v) is 6.38. The van der Waals surface area contributed by atoms with Crippen LogP contribution >= 0.6 is 0 Å².